The second-order valence-electron chi connectivity index (χ2n) is 7.37. The molecular weight excluding hydrogens is 420 g/mol. The first-order chi connectivity index (χ1) is 14.2. The zero-order valence-electron chi connectivity index (χ0n) is 17.3. The minimum atomic E-state index is -0.902. The third-order valence-electron chi connectivity index (χ3n) is 4.78. The van der Waals surface area contributed by atoms with Crippen LogP contribution < -0.4 is 16.6 Å². The van der Waals surface area contributed by atoms with E-state index in [0.29, 0.717) is 21.9 Å². The third-order valence-corrected chi connectivity index (χ3v) is 7.42. The molecule has 2 aromatic heterocycles. The molecule has 0 aliphatic heterocycles. The predicted molar refractivity (Wildman–Crippen MR) is 121 cm³/mol. The number of imide groups is 1. The third kappa shape index (κ3) is 4.57. The van der Waals surface area contributed by atoms with Crippen LogP contribution in [-0.2, 0) is 11.3 Å². The Labute approximate surface area is 182 Å². The number of aromatic nitrogens is 2. The van der Waals surface area contributed by atoms with Crippen molar-refractivity contribution in [3.05, 3.63) is 56.7 Å². The zero-order valence-corrected chi connectivity index (χ0v) is 18.9. The van der Waals surface area contributed by atoms with Gasteiger partial charge in [0.25, 0.3) is 5.56 Å². The molecule has 0 aliphatic rings. The number of nitrogens with two attached hydrogens (primary N) is 1. The van der Waals surface area contributed by atoms with Crippen LogP contribution in [0.15, 0.2) is 40.3 Å². The van der Waals surface area contributed by atoms with Crippen LogP contribution in [0.3, 0.4) is 0 Å². The lowest BCUT2D eigenvalue weighted by atomic mass is 10.1. The number of rotatable bonds is 6. The van der Waals surface area contributed by atoms with E-state index < -0.39 is 17.2 Å². The summed E-state index contributed by atoms with van der Waals surface area (Å²) < 4.78 is 1.61. The maximum absolute atomic E-state index is 13.4. The van der Waals surface area contributed by atoms with Gasteiger partial charge in [0.1, 0.15) is 4.83 Å². The van der Waals surface area contributed by atoms with Gasteiger partial charge in [-0.25, -0.2) is 9.78 Å². The highest BCUT2D eigenvalue weighted by Crippen LogP contribution is 2.32. The maximum Gasteiger partial charge on any atom is 0.318 e. The normalized spacial score (nSPS) is 12.3. The van der Waals surface area contributed by atoms with Crippen LogP contribution in [0.4, 0.5) is 4.79 Å². The molecule has 0 aliphatic carbocycles. The van der Waals surface area contributed by atoms with Crippen LogP contribution in [-0.4, -0.2) is 26.7 Å². The van der Waals surface area contributed by atoms with Crippen LogP contribution in [0.5, 0.6) is 0 Å². The molecule has 0 saturated heterocycles. The average Bonchev–Trinajstić information content (AvgIpc) is 2.96. The molecule has 1 atom stereocenters. The van der Waals surface area contributed by atoms with E-state index in [1.165, 1.54) is 23.1 Å². The molecule has 3 N–H and O–H groups in total. The molecule has 3 amide bonds. The fourth-order valence-corrected chi connectivity index (χ4v) is 5.26. The standard InChI is InChI=1S/C21H24N4O3S2/c1-11(2)16(17(26)23-20(22)28)30-21-24-18-15(12(3)13(4)29-18)19(27)25(21)10-14-8-6-5-7-9-14/h5-9,11,16H,10H2,1-4H3,(H3,22,23,26,28)/t16-/m0/s1. The van der Waals surface area contributed by atoms with Gasteiger partial charge in [-0.3, -0.25) is 19.5 Å². The van der Waals surface area contributed by atoms with Crippen molar-refractivity contribution in [2.75, 3.05) is 0 Å². The number of hydrogen-bond acceptors (Lipinski definition) is 6. The highest BCUT2D eigenvalue weighted by molar-refractivity contribution is 8.00. The van der Waals surface area contributed by atoms with Crippen molar-refractivity contribution in [1.29, 1.82) is 0 Å². The Bertz CT molecular complexity index is 1150. The van der Waals surface area contributed by atoms with Crippen LogP contribution in [0.1, 0.15) is 29.9 Å². The number of carbonyl (C=O) groups is 2. The van der Waals surface area contributed by atoms with E-state index >= 15 is 0 Å². The molecule has 0 fully saturated rings. The van der Waals surface area contributed by atoms with Crippen LogP contribution in [0.25, 0.3) is 10.2 Å². The van der Waals surface area contributed by atoms with Gasteiger partial charge in [0.2, 0.25) is 5.91 Å². The topological polar surface area (TPSA) is 107 Å². The molecule has 0 spiro atoms. The quantitative estimate of drug-likeness (QED) is 0.447. The Morgan fingerprint density at radius 1 is 1.23 bits per heavy atom. The van der Waals surface area contributed by atoms with E-state index in [0.717, 1.165) is 16.0 Å². The molecule has 3 rings (SSSR count). The lowest BCUT2D eigenvalue weighted by molar-refractivity contribution is -0.120. The van der Waals surface area contributed by atoms with Crippen LogP contribution in [0.2, 0.25) is 0 Å². The Morgan fingerprint density at radius 2 is 1.90 bits per heavy atom. The summed E-state index contributed by atoms with van der Waals surface area (Å²) in [5.74, 6) is -0.611. The monoisotopic (exact) mass is 444 g/mol. The number of fused-ring (bicyclic) bond motifs is 1. The largest absolute Gasteiger partial charge is 0.351 e. The SMILES string of the molecule is Cc1sc2nc(S[C@H](C(=O)NC(N)=O)C(C)C)n(Cc3ccccc3)c(=O)c2c1C. The second-order valence-corrected chi connectivity index (χ2v) is 9.68. The number of thiophene rings is 1. The van der Waals surface area contributed by atoms with Crippen LogP contribution in [0, 0.1) is 19.8 Å². The van der Waals surface area contributed by atoms with E-state index in [9.17, 15) is 14.4 Å². The van der Waals surface area contributed by atoms with Gasteiger partial charge in [-0.1, -0.05) is 55.9 Å². The Morgan fingerprint density at radius 3 is 2.50 bits per heavy atom. The van der Waals surface area contributed by atoms with Gasteiger partial charge in [0.05, 0.1) is 17.2 Å². The fraction of sp³-hybridized carbons (Fsp3) is 0.333. The molecule has 1 aromatic carbocycles. The summed E-state index contributed by atoms with van der Waals surface area (Å²) in [4.78, 5) is 43.6. The van der Waals surface area contributed by atoms with Gasteiger partial charge in [0, 0.05) is 4.88 Å². The summed E-state index contributed by atoms with van der Waals surface area (Å²) in [7, 11) is 0. The first kappa shape index (κ1) is 22.0. The van der Waals surface area contributed by atoms with Crippen molar-refractivity contribution in [2.24, 2.45) is 11.7 Å². The Balaban J connectivity index is 2.13. The molecule has 7 nitrogen and oxygen atoms in total. The molecule has 0 unspecified atom stereocenters. The number of nitrogens with one attached hydrogen (secondary N) is 1. The first-order valence-corrected chi connectivity index (χ1v) is 11.2. The number of thioether (sulfide) groups is 1. The smallest absolute Gasteiger partial charge is 0.318 e. The number of amides is 3. The summed E-state index contributed by atoms with van der Waals surface area (Å²) in [5.41, 5.74) is 6.87. The maximum atomic E-state index is 13.4. The van der Waals surface area contributed by atoms with Crippen LogP contribution >= 0.6 is 23.1 Å². The number of hydrogen-bond donors (Lipinski definition) is 2. The molecular formula is C21H24N4O3S2. The highest BCUT2D eigenvalue weighted by Gasteiger charge is 2.28. The minimum absolute atomic E-state index is 0.112. The predicted octanol–water partition coefficient (Wildman–Crippen LogP) is 3.43. The highest BCUT2D eigenvalue weighted by atomic mass is 32.2. The summed E-state index contributed by atoms with van der Waals surface area (Å²) >= 11 is 2.64. The molecule has 0 saturated carbocycles. The van der Waals surface area contributed by atoms with E-state index in [1.807, 2.05) is 58.0 Å². The Hall–Kier alpha value is -2.65. The number of benzene rings is 1. The molecule has 158 valence electrons. The van der Waals surface area contributed by atoms with Gasteiger partial charge in [-0.15, -0.1) is 11.3 Å². The molecule has 3 aromatic rings. The number of urea groups is 1. The van der Waals surface area contributed by atoms with E-state index in [1.54, 1.807) is 4.57 Å². The summed E-state index contributed by atoms with van der Waals surface area (Å²) in [6.07, 6.45) is 0. The first-order valence-electron chi connectivity index (χ1n) is 9.50. The molecule has 0 radical (unpaired) electrons. The lowest BCUT2D eigenvalue weighted by Crippen LogP contribution is -2.42. The van der Waals surface area contributed by atoms with Gasteiger partial charge < -0.3 is 5.73 Å². The minimum Gasteiger partial charge on any atom is -0.351 e. The summed E-state index contributed by atoms with van der Waals surface area (Å²) in [6, 6.07) is 8.72. The fourth-order valence-electron chi connectivity index (χ4n) is 3.10. The van der Waals surface area contributed by atoms with Crippen molar-refractivity contribution >= 4 is 45.3 Å². The number of nitrogens with zero attached hydrogens (tertiary/aromatic N) is 2. The Kier molecular flexibility index (Phi) is 6.62. The molecule has 0 bridgehead atoms. The number of aryl methyl sites for hydroxylation is 2. The van der Waals surface area contributed by atoms with Crippen molar-refractivity contribution in [3.8, 4) is 0 Å². The van der Waals surface area contributed by atoms with Gasteiger partial charge in [-0.05, 0) is 30.9 Å². The molecule has 9 heteroatoms. The van der Waals surface area contributed by atoms with E-state index in [2.05, 4.69) is 5.32 Å². The molecule has 2 heterocycles. The van der Waals surface area contributed by atoms with Gasteiger partial charge in [-0.2, -0.15) is 0 Å². The average molecular weight is 445 g/mol. The van der Waals surface area contributed by atoms with E-state index in [4.69, 9.17) is 10.7 Å². The summed E-state index contributed by atoms with van der Waals surface area (Å²) in [5, 5.41) is 2.56. The number of primary amides is 1. The van der Waals surface area contributed by atoms with Gasteiger partial charge >= 0.3 is 6.03 Å². The summed E-state index contributed by atoms with van der Waals surface area (Å²) in [6.45, 7) is 7.97. The van der Waals surface area contributed by atoms with Crippen molar-refractivity contribution in [3.63, 3.8) is 0 Å². The zero-order chi connectivity index (χ0) is 22.0. The molecule has 30 heavy (non-hydrogen) atoms. The number of carbonyl (C=O) groups excluding carboxylic acids is 2. The second kappa shape index (κ2) is 9.01. The van der Waals surface area contributed by atoms with Gasteiger partial charge in [0.15, 0.2) is 5.16 Å². The van der Waals surface area contributed by atoms with E-state index in [-0.39, 0.29) is 11.5 Å². The van der Waals surface area contributed by atoms with Crippen molar-refractivity contribution in [1.82, 2.24) is 14.9 Å². The van der Waals surface area contributed by atoms with Crippen molar-refractivity contribution in [2.45, 2.75) is 44.6 Å². The van der Waals surface area contributed by atoms with Crippen molar-refractivity contribution < 1.29 is 9.59 Å². The lowest BCUT2D eigenvalue weighted by Gasteiger charge is -2.20.